The van der Waals surface area contributed by atoms with Crippen molar-refractivity contribution in [3.63, 3.8) is 0 Å². The third kappa shape index (κ3) is 2.80. The van der Waals surface area contributed by atoms with Gasteiger partial charge in [0, 0.05) is 15.4 Å². The number of hydrogen-bond acceptors (Lipinski definition) is 3. The summed E-state index contributed by atoms with van der Waals surface area (Å²) in [6.07, 6.45) is 0. The number of pyridine rings is 1. The topological polar surface area (TPSA) is 87.5 Å². The van der Waals surface area contributed by atoms with Crippen LogP contribution in [0.5, 0.6) is 0 Å². The van der Waals surface area contributed by atoms with Crippen molar-refractivity contribution in [2.75, 3.05) is 0 Å². The number of carboxylic acid groups (broad SMARTS) is 2. The Labute approximate surface area is 139 Å². The predicted octanol–water partition coefficient (Wildman–Crippen LogP) is 4.06. The van der Waals surface area contributed by atoms with E-state index in [1.807, 2.05) is 0 Å². The lowest BCUT2D eigenvalue weighted by Gasteiger charge is -2.09. The third-order valence-electron chi connectivity index (χ3n) is 3.43. The number of hydrogen-bond donors (Lipinski definition) is 2. The molecule has 0 atom stereocenters. The molecule has 0 bridgehead atoms. The smallest absolute Gasteiger partial charge is 0.336 e. The van der Waals surface area contributed by atoms with Crippen LogP contribution in [0, 0.1) is 0 Å². The van der Waals surface area contributed by atoms with Crippen molar-refractivity contribution in [2.24, 2.45) is 0 Å². The van der Waals surface area contributed by atoms with Crippen molar-refractivity contribution in [3.8, 4) is 11.3 Å². The van der Waals surface area contributed by atoms with E-state index in [2.05, 4.69) is 20.9 Å². The van der Waals surface area contributed by atoms with Gasteiger partial charge in [0.15, 0.2) is 0 Å². The van der Waals surface area contributed by atoms with Crippen molar-refractivity contribution in [1.82, 2.24) is 4.98 Å². The molecule has 0 radical (unpaired) electrons. The van der Waals surface area contributed by atoms with Gasteiger partial charge in [-0.2, -0.15) is 0 Å². The molecule has 1 heterocycles. The van der Waals surface area contributed by atoms with Gasteiger partial charge in [0.1, 0.15) is 0 Å². The zero-order valence-corrected chi connectivity index (χ0v) is 13.2. The van der Waals surface area contributed by atoms with E-state index in [-0.39, 0.29) is 11.1 Å². The van der Waals surface area contributed by atoms with Gasteiger partial charge in [0.05, 0.1) is 22.3 Å². The van der Waals surface area contributed by atoms with Gasteiger partial charge < -0.3 is 10.2 Å². The fraction of sp³-hybridized carbons (Fsp3) is 0. The van der Waals surface area contributed by atoms with Crippen LogP contribution in [-0.4, -0.2) is 27.1 Å². The summed E-state index contributed by atoms with van der Waals surface area (Å²) in [5.74, 6) is -2.18. The van der Waals surface area contributed by atoms with E-state index in [4.69, 9.17) is 0 Å². The molecule has 0 aliphatic rings. The van der Waals surface area contributed by atoms with Crippen LogP contribution in [0.1, 0.15) is 20.7 Å². The summed E-state index contributed by atoms with van der Waals surface area (Å²) >= 11 is 3.31. The second-order valence-corrected chi connectivity index (χ2v) is 5.79. The first-order chi connectivity index (χ1) is 11.0. The van der Waals surface area contributed by atoms with Crippen LogP contribution in [0.25, 0.3) is 22.2 Å². The molecule has 2 aromatic carbocycles. The molecule has 2 N–H and O–H groups in total. The molecule has 114 valence electrons. The van der Waals surface area contributed by atoms with E-state index in [0.717, 1.165) is 4.47 Å². The first-order valence-electron chi connectivity index (χ1n) is 6.63. The number of halogens is 1. The molecule has 5 nitrogen and oxygen atoms in total. The van der Waals surface area contributed by atoms with E-state index in [1.54, 1.807) is 36.4 Å². The summed E-state index contributed by atoms with van der Waals surface area (Å²) < 4.78 is 0.744. The predicted molar refractivity (Wildman–Crippen MR) is 88.8 cm³/mol. The van der Waals surface area contributed by atoms with Gasteiger partial charge in [-0.25, -0.2) is 14.6 Å². The molecule has 0 unspecified atom stereocenters. The average molecular weight is 372 g/mol. The van der Waals surface area contributed by atoms with Gasteiger partial charge in [0.2, 0.25) is 0 Å². The van der Waals surface area contributed by atoms with Crippen molar-refractivity contribution in [1.29, 1.82) is 0 Å². The molecule has 0 saturated carbocycles. The van der Waals surface area contributed by atoms with Crippen molar-refractivity contribution in [2.45, 2.75) is 0 Å². The van der Waals surface area contributed by atoms with E-state index in [1.165, 1.54) is 12.1 Å². The number of aromatic nitrogens is 1. The van der Waals surface area contributed by atoms with Gasteiger partial charge in [-0.1, -0.05) is 34.1 Å². The van der Waals surface area contributed by atoms with Gasteiger partial charge in [-0.3, -0.25) is 0 Å². The first kappa shape index (κ1) is 15.2. The molecule has 0 aliphatic heterocycles. The van der Waals surface area contributed by atoms with Crippen molar-refractivity contribution < 1.29 is 19.8 Å². The fourth-order valence-electron chi connectivity index (χ4n) is 2.41. The minimum Gasteiger partial charge on any atom is -0.478 e. The Morgan fingerprint density at radius 2 is 1.61 bits per heavy atom. The summed E-state index contributed by atoms with van der Waals surface area (Å²) in [7, 11) is 0. The highest BCUT2D eigenvalue weighted by molar-refractivity contribution is 9.10. The van der Waals surface area contributed by atoms with Crippen LogP contribution in [0.2, 0.25) is 0 Å². The van der Waals surface area contributed by atoms with E-state index in [9.17, 15) is 19.8 Å². The molecule has 0 fully saturated rings. The number of carboxylic acids is 2. The molecule has 23 heavy (non-hydrogen) atoms. The Morgan fingerprint density at radius 1 is 0.913 bits per heavy atom. The molecule has 0 aliphatic carbocycles. The summed E-state index contributed by atoms with van der Waals surface area (Å²) in [5, 5.41) is 19.3. The highest BCUT2D eigenvalue weighted by Gasteiger charge is 2.17. The van der Waals surface area contributed by atoms with E-state index in [0.29, 0.717) is 22.2 Å². The second kappa shape index (κ2) is 5.81. The maximum Gasteiger partial charge on any atom is 0.336 e. The summed E-state index contributed by atoms with van der Waals surface area (Å²) in [4.78, 5) is 27.4. The number of aromatic carboxylic acids is 2. The van der Waals surface area contributed by atoms with Gasteiger partial charge in [0.25, 0.3) is 0 Å². The first-order valence-corrected chi connectivity index (χ1v) is 7.43. The molecule has 3 aromatic rings. The number of benzene rings is 2. The van der Waals surface area contributed by atoms with Crippen molar-refractivity contribution >= 4 is 38.8 Å². The number of carbonyl (C=O) groups is 2. The van der Waals surface area contributed by atoms with Crippen LogP contribution in [0.3, 0.4) is 0 Å². The van der Waals surface area contributed by atoms with Crippen LogP contribution in [-0.2, 0) is 0 Å². The van der Waals surface area contributed by atoms with Gasteiger partial charge in [-0.15, -0.1) is 0 Å². The molecular formula is C17H10BrNO4. The lowest BCUT2D eigenvalue weighted by Crippen LogP contribution is -2.03. The molecule has 3 rings (SSSR count). The van der Waals surface area contributed by atoms with Gasteiger partial charge in [-0.05, 0) is 30.3 Å². The molecular weight excluding hydrogens is 362 g/mol. The monoisotopic (exact) mass is 371 g/mol. The molecule has 6 heteroatoms. The number of nitrogens with zero attached hydrogens (tertiary/aromatic N) is 1. The zero-order chi connectivity index (χ0) is 16.6. The third-order valence-corrected chi connectivity index (χ3v) is 3.93. The Hall–Kier alpha value is -2.73. The highest BCUT2D eigenvalue weighted by Crippen LogP contribution is 2.29. The standard InChI is InChI=1S/C17H10BrNO4/c18-9-5-6-14-12(7-9)13(17(22)23)8-15(19-14)10-3-1-2-4-11(10)16(20)21/h1-8H,(H,20,21)(H,22,23). The highest BCUT2D eigenvalue weighted by atomic mass is 79.9. The van der Waals surface area contributed by atoms with Crippen LogP contribution in [0.15, 0.2) is 53.0 Å². The molecule has 1 aromatic heterocycles. The largest absolute Gasteiger partial charge is 0.478 e. The minimum atomic E-state index is -1.09. The Morgan fingerprint density at radius 3 is 2.30 bits per heavy atom. The summed E-state index contributed by atoms with van der Waals surface area (Å²) in [6.45, 7) is 0. The fourth-order valence-corrected chi connectivity index (χ4v) is 2.77. The summed E-state index contributed by atoms with van der Waals surface area (Å²) in [6, 6.07) is 12.9. The maximum absolute atomic E-state index is 11.6. The van der Waals surface area contributed by atoms with Crippen molar-refractivity contribution in [3.05, 3.63) is 64.1 Å². The molecule has 0 saturated heterocycles. The quantitative estimate of drug-likeness (QED) is 0.724. The summed E-state index contributed by atoms with van der Waals surface area (Å²) in [5.41, 5.74) is 1.34. The Bertz CT molecular complexity index is 952. The molecule has 0 amide bonds. The minimum absolute atomic E-state index is 0.0755. The number of fused-ring (bicyclic) bond motifs is 1. The van der Waals surface area contributed by atoms with Crippen LogP contribution in [0.4, 0.5) is 0 Å². The lowest BCUT2D eigenvalue weighted by atomic mass is 10.0. The van der Waals surface area contributed by atoms with E-state index < -0.39 is 11.9 Å². The van der Waals surface area contributed by atoms with Gasteiger partial charge >= 0.3 is 11.9 Å². The van der Waals surface area contributed by atoms with Crippen LogP contribution >= 0.6 is 15.9 Å². The second-order valence-electron chi connectivity index (χ2n) is 4.87. The Balaban J connectivity index is 2.34. The Kier molecular flexibility index (Phi) is 3.83. The van der Waals surface area contributed by atoms with Crippen LogP contribution < -0.4 is 0 Å². The SMILES string of the molecule is O=C(O)c1ccccc1-c1cc(C(=O)O)c2cc(Br)ccc2n1. The molecule has 0 spiro atoms. The normalized spacial score (nSPS) is 10.7. The van der Waals surface area contributed by atoms with E-state index >= 15 is 0 Å². The lowest BCUT2D eigenvalue weighted by molar-refractivity contribution is 0.0688. The number of rotatable bonds is 3. The zero-order valence-electron chi connectivity index (χ0n) is 11.7. The maximum atomic E-state index is 11.6. The average Bonchev–Trinajstić information content (AvgIpc) is 2.53.